The Morgan fingerprint density at radius 1 is 1.04 bits per heavy atom. The predicted octanol–water partition coefficient (Wildman–Crippen LogP) is 5.94. The zero-order valence-corrected chi connectivity index (χ0v) is 27.9. The second-order valence-corrected chi connectivity index (χ2v) is 12.7. The van der Waals surface area contributed by atoms with E-state index >= 15 is 0 Å². The Labute approximate surface area is 270 Å². The molecular weight excluding hydrogens is 610 g/mol. The maximum atomic E-state index is 13.8. The molecule has 5 aromatic rings. The lowest BCUT2D eigenvalue weighted by Gasteiger charge is -2.28. The molecule has 242 valence electrons. The highest BCUT2D eigenvalue weighted by molar-refractivity contribution is 7.15. The van der Waals surface area contributed by atoms with Crippen LogP contribution in [0.1, 0.15) is 54.3 Å². The van der Waals surface area contributed by atoms with Crippen LogP contribution >= 0.6 is 11.3 Å². The van der Waals surface area contributed by atoms with Crippen molar-refractivity contribution in [3.8, 4) is 33.6 Å². The number of fused-ring (bicyclic) bond motifs is 1. The summed E-state index contributed by atoms with van der Waals surface area (Å²) in [5.41, 5.74) is 2.85. The van der Waals surface area contributed by atoms with E-state index in [4.69, 9.17) is 19.2 Å². The van der Waals surface area contributed by atoms with Gasteiger partial charge in [0.05, 0.1) is 55.3 Å². The topological polar surface area (TPSA) is 147 Å². The van der Waals surface area contributed by atoms with E-state index in [0.29, 0.717) is 50.2 Å². The van der Waals surface area contributed by atoms with Crippen LogP contribution in [0.3, 0.4) is 0 Å². The van der Waals surface area contributed by atoms with Gasteiger partial charge in [0.2, 0.25) is 0 Å². The molecule has 13 nitrogen and oxygen atoms in total. The predicted molar refractivity (Wildman–Crippen MR) is 173 cm³/mol. The van der Waals surface area contributed by atoms with Crippen molar-refractivity contribution in [3.05, 3.63) is 58.4 Å². The summed E-state index contributed by atoms with van der Waals surface area (Å²) in [6, 6.07) is 8.83. The molecule has 1 amide bonds. The average Bonchev–Trinajstić information content (AvgIpc) is 3.71. The third-order valence-electron chi connectivity index (χ3n) is 7.15. The minimum absolute atomic E-state index is 0.0804. The molecule has 1 N–H and O–H groups in total. The summed E-state index contributed by atoms with van der Waals surface area (Å²) in [7, 11) is 4.87. The summed E-state index contributed by atoms with van der Waals surface area (Å²) in [5, 5.41) is 20.2. The van der Waals surface area contributed by atoms with Crippen molar-refractivity contribution < 1.29 is 28.9 Å². The number of aromatic nitrogens is 6. The first-order valence-electron chi connectivity index (χ1n) is 14.6. The highest BCUT2D eigenvalue weighted by atomic mass is 32.1. The number of nitrogens with zero attached hydrogens (tertiary/aromatic N) is 7. The Morgan fingerprint density at radius 2 is 1.80 bits per heavy atom. The fourth-order valence-corrected chi connectivity index (χ4v) is 6.12. The van der Waals surface area contributed by atoms with E-state index in [0.717, 1.165) is 17.0 Å². The van der Waals surface area contributed by atoms with Crippen LogP contribution in [0.25, 0.3) is 33.0 Å². The third kappa shape index (κ3) is 6.66. The van der Waals surface area contributed by atoms with Gasteiger partial charge in [-0.15, -0.1) is 11.3 Å². The van der Waals surface area contributed by atoms with E-state index < -0.39 is 17.7 Å². The summed E-state index contributed by atoms with van der Waals surface area (Å²) >= 11 is 1.38. The van der Waals surface area contributed by atoms with Gasteiger partial charge in [-0.05, 0) is 58.9 Å². The van der Waals surface area contributed by atoms with Gasteiger partial charge >= 0.3 is 12.1 Å². The lowest BCUT2D eigenvalue weighted by atomic mass is 10.1. The minimum atomic E-state index is -1.18. The number of methoxy groups -OCH3 is 2. The van der Waals surface area contributed by atoms with Crippen molar-refractivity contribution in [3.63, 3.8) is 0 Å². The summed E-state index contributed by atoms with van der Waals surface area (Å²) in [6.45, 7) is 10.2. The molecule has 4 heterocycles. The Kier molecular flexibility index (Phi) is 9.01. The quantitative estimate of drug-likeness (QED) is 0.193. The van der Waals surface area contributed by atoms with Crippen LogP contribution in [-0.2, 0) is 31.4 Å². The van der Waals surface area contributed by atoms with Crippen LogP contribution < -0.4 is 9.47 Å². The molecule has 1 aromatic carbocycles. The molecule has 5 rings (SSSR count). The van der Waals surface area contributed by atoms with Crippen LogP contribution in [0, 0.1) is 6.92 Å². The van der Waals surface area contributed by atoms with Crippen molar-refractivity contribution >= 4 is 34.3 Å². The van der Waals surface area contributed by atoms with Gasteiger partial charge in [0.1, 0.15) is 33.5 Å². The number of benzene rings is 1. The number of hydrogen-bond acceptors (Lipinski definition) is 10. The lowest BCUT2D eigenvalue weighted by Crippen LogP contribution is -2.36. The van der Waals surface area contributed by atoms with Gasteiger partial charge in [-0.3, -0.25) is 14.3 Å². The number of thiazole rings is 1. The van der Waals surface area contributed by atoms with Crippen LogP contribution in [0.15, 0.2) is 36.5 Å². The molecular formula is C32H37N7O6S. The van der Waals surface area contributed by atoms with E-state index in [1.807, 2.05) is 51.4 Å². The number of carboxylic acids is 1. The molecule has 0 aliphatic carbocycles. The van der Waals surface area contributed by atoms with E-state index in [9.17, 15) is 14.7 Å². The van der Waals surface area contributed by atoms with Gasteiger partial charge in [0.25, 0.3) is 0 Å². The van der Waals surface area contributed by atoms with Crippen molar-refractivity contribution in [1.82, 2.24) is 34.4 Å². The maximum Gasteiger partial charge on any atom is 0.410 e. The van der Waals surface area contributed by atoms with Crippen molar-refractivity contribution in [2.24, 2.45) is 7.05 Å². The smallest absolute Gasteiger partial charge is 0.410 e. The second-order valence-electron chi connectivity index (χ2n) is 11.7. The Bertz CT molecular complexity index is 1920. The first-order chi connectivity index (χ1) is 21.8. The van der Waals surface area contributed by atoms with Gasteiger partial charge in [-0.2, -0.15) is 10.2 Å². The molecule has 0 aliphatic heterocycles. The van der Waals surface area contributed by atoms with Gasteiger partial charge in [-0.25, -0.2) is 19.6 Å². The minimum Gasteiger partial charge on any atom is -0.497 e. The molecule has 0 spiro atoms. The Balaban J connectivity index is 1.70. The van der Waals surface area contributed by atoms with Crippen LogP contribution in [0.4, 0.5) is 4.79 Å². The summed E-state index contributed by atoms with van der Waals surface area (Å²) < 4.78 is 20.3. The fourth-order valence-electron chi connectivity index (χ4n) is 5.02. The molecule has 0 fully saturated rings. The molecule has 4 aromatic heterocycles. The summed E-state index contributed by atoms with van der Waals surface area (Å²) in [5.74, 6) is -0.0112. The number of hydrogen-bond donors (Lipinski definition) is 1. The molecule has 0 saturated heterocycles. The molecule has 0 unspecified atom stereocenters. The van der Waals surface area contributed by atoms with Crippen molar-refractivity contribution in [2.75, 3.05) is 14.2 Å². The van der Waals surface area contributed by atoms with Crippen LogP contribution in [0.5, 0.6) is 11.5 Å². The second kappa shape index (κ2) is 12.8. The van der Waals surface area contributed by atoms with E-state index in [-0.39, 0.29) is 18.8 Å². The zero-order valence-electron chi connectivity index (χ0n) is 27.1. The molecule has 46 heavy (non-hydrogen) atoms. The number of pyridine rings is 1. The largest absolute Gasteiger partial charge is 0.497 e. The van der Waals surface area contributed by atoms with Crippen LogP contribution in [0.2, 0.25) is 0 Å². The Morgan fingerprint density at radius 3 is 2.46 bits per heavy atom. The molecule has 14 heteroatoms. The third-order valence-corrected chi connectivity index (χ3v) is 8.21. The van der Waals surface area contributed by atoms with E-state index in [1.54, 1.807) is 49.2 Å². The molecule has 0 atom stereocenters. The number of amides is 1. The van der Waals surface area contributed by atoms with Crippen molar-refractivity contribution in [2.45, 2.75) is 59.9 Å². The number of aromatic carboxylic acids is 1. The van der Waals surface area contributed by atoms with E-state index in [2.05, 4.69) is 15.2 Å². The first-order valence-corrected chi connectivity index (χ1v) is 15.4. The molecule has 0 aliphatic rings. The SMILES string of the molecule is CCn1nc(C)cc1-c1nc(-c2nc(C(=O)O)cc3c2cnn3C)c(CN(Cc2ccc(OC)cc2OC)C(=O)OC(C)(C)C)s1. The highest BCUT2D eigenvalue weighted by Gasteiger charge is 2.29. The highest BCUT2D eigenvalue weighted by Crippen LogP contribution is 2.38. The average molecular weight is 648 g/mol. The monoisotopic (exact) mass is 647 g/mol. The standard InChI is InChI=1S/C32H37N7O6S/c1-9-39-24(12-18(2)36-39)29-35-28(27-21-15-33-37(6)23(21)14-22(34-27)30(40)41)26(46-29)17-38(31(42)45-32(3,4)5)16-19-10-11-20(43-7)13-25(19)44-8/h10-15H,9,16-17H2,1-8H3,(H,40,41). The summed E-state index contributed by atoms with van der Waals surface area (Å²) in [6.07, 6.45) is 1.10. The van der Waals surface area contributed by atoms with Crippen molar-refractivity contribution in [1.29, 1.82) is 0 Å². The molecule has 0 saturated carbocycles. The number of aryl methyl sites for hydroxylation is 3. The summed E-state index contributed by atoms with van der Waals surface area (Å²) in [4.78, 5) is 37.8. The van der Waals surface area contributed by atoms with Crippen LogP contribution in [-0.4, -0.2) is 71.4 Å². The number of carbonyl (C=O) groups excluding carboxylic acids is 1. The number of rotatable bonds is 10. The molecule has 0 radical (unpaired) electrons. The first kappa shape index (κ1) is 32.4. The maximum absolute atomic E-state index is 13.8. The van der Waals surface area contributed by atoms with Gasteiger partial charge < -0.3 is 19.3 Å². The lowest BCUT2D eigenvalue weighted by molar-refractivity contribution is 0.0217. The van der Waals surface area contributed by atoms with Gasteiger partial charge in [-0.1, -0.05) is 0 Å². The number of ether oxygens (including phenoxy) is 3. The fraction of sp³-hybridized carbons (Fsp3) is 0.375. The molecule has 0 bridgehead atoms. The Hall–Kier alpha value is -4.98. The van der Waals surface area contributed by atoms with E-state index in [1.165, 1.54) is 17.4 Å². The zero-order chi connectivity index (χ0) is 33.3. The van der Waals surface area contributed by atoms with Gasteiger partial charge in [0.15, 0.2) is 5.69 Å². The number of carboxylic acid groups (broad SMARTS) is 1. The van der Waals surface area contributed by atoms with Gasteiger partial charge in [0, 0.05) is 30.6 Å². The number of carbonyl (C=O) groups is 2. The normalized spacial score (nSPS) is 11.6.